The van der Waals surface area contributed by atoms with Gasteiger partial charge < -0.3 is 0 Å². The second-order valence-electron chi connectivity index (χ2n) is 3.86. The van der Waals surface area contributed by atoms with E-state index in [1.807, 2.05) is 25.1 Å². The van der Waals surface area contributed by atoms with Crippen molar-refractivity contribution >= 4 is 23.1 Å². The standard InChI is InChI=1S/C12H12ClNOS/c1-7-4-5-10(6-8(7)2)14-12(15)9(3)11(13)16-14/h4-6H,1-3H3. The maximum atomic E-state index is 11.9. The second-order valence-corrected chi connectivity index (χ2v) is 5.42. The highest BCUT2D eigenvalue weighted by atomic mass is 35.5. The summed E-state index contributed by atoms with van der Waals surface area (Å²) in [5.74, 6) is 0. The van der Waals surface area contributed by atoms with Crippen molar-refractivity contribution < 1.29 is 0 Å². The Morgan fingerprint density at radius 3 is 2.38 bits per heavy atom. The van der Waals surface area contributed by atoms with Gasteiger partial charge in [0.05, 0.1) is 5.69 Å². The van der Waals surface area contributed by atoms with Crippen LogP contribution in [0.1, 0.15) is 16.7 Å². The fourth-order valence-electron chi connectivity index (χ4n) is 1.45. The number of rotatable bonds is 1. The molecule has 0 aliphatic carbocycles. The van der Waals surface area contributed by atoms with Gasteiger partial charge in [-0.05, 0) is 55.6 Å². The van der Waals surface area contributed by atoms with Crippen molar-refractivity contribution in [2.24, 2.45) is 0 Å². The Morgan fingerprint density at radius 1 is 1.19 bits per heavy atom. The molecule has 2 aromatic rings. The molecule has 2 rings (SSSR count). The Bertz CT molecular complexity index is 598. The summed E-state index contributed by atoms with van der Waals surface area (Å²) < 4.78 is 2.19. The average Bonchev–Trinajstić information content (AvgIpc) is 2.50. The van der Waals surface area contributed by atoms with Gasteiger partial charge in [0, 0.05) is 5.56 Å². The van der Waals surface area contributed by atoms with Crippen molar-refractivity contribution in [2.45, 2.75) is 20.8 Å². The highest BCUT2D eigenvalue weighted by Crippen LogP contribution is 2.22. The summed E-state index contributed by atoms with van der Waals surface area (Å²) >= 11 is 7.23. The van der Waals surface area contributed by atoms with E-state index in [1.165, 1.54) is 22.7 Å². The number of benzene rings is 1. The molecule has 0 bridgehead atoms. The van der Waals surface area contributed by atoms with Gasteiger partial charge in [0.2, 0.25) is 0 Å². The third-order valence-electron chi connectivity index (χ3n) is 2.70. The summed E-state index contributed by atoms with van der Waals surface area (Å²) in [4.78, 5) is 11.9. The van der Waals surface area contributed by atoms with E-state index in [1.54, 1.807) is 10.9 Å². The van der Waals surface area contributed by atoms with E-state index in [2.05, 4.69) is 6.92 Å². The molecule has 1 aromatic heterocycles. The molecule has 84 valence electrons. The van der Waals surface area contributed by atoms with Gasteiger partial charge >= 0.3 is 0 Å². The van der Waals surface area contributed by atoms with Crippen LogP contribution in [0.4, 0.5) is 0 Å². The first kappa shape index (κ1) is 11.4. The molecule has 0 aliphatic rings. The van der Waals surface area contributed by atoms with Crippen LogP contribution in [0, 0.1) is 20.8 Å². The van der Waals surface area contributed by atoms with Gasteiger partial charge in [-0.3, -0.25) is 4.79 Å². The zero-order valence-corrected chi connectivity index (χ0v) is 10.9. The molecular formula is C12H12ClNOS. The van der Waals surface area contributed by atoms with Crippen LogP contribution in [0.25, 0.3) is 5.69 Å². The average molecular weight is 254 g/mol. The Morgan fingerprint density at radius 2 is 1.88 bits per heavy atom. The number of hydrogen-bond donors (Lipinski definition) is 0. The van der Waals surface area contributed by atoms with Gasteiger partial charge in [0.15, 0.2) is 0 Å². The Kier molecular flexibility index (Phi) is 2.91. The minimum absolute atomic E-state index is 0.0294. The van der Waals surface area contributed by atoms with Crippen LogP contribution >= 0.6 is 23.1 Å². The highest BCUT2D eigenvalue weighted by molar-refractivity contribution is 7.11. The molecule has 0 atom stereocenters. The van der Waals surface area contributed by atoms with Gasteiger partial charge in [0.25, 0.3) is 5.56 Å². The van der Waals surface area contributed by atoms with Crippen molar-refractivity contribution in [2.75, 3.05) is 0 Å². The van der Waals surface area contributed by atoms with Crippen LogP contribution in [0.3, 0.4) is 0 Å². The van der Waals surface area contributed by atoms with Crippen molar-refractivity contribution in [1.29, 1.82) is 0 Å². The molecule has 1 aromatic carbocycles. The van der Waals surface area contributed by atoms with Crippen molar-refractivity contribution in [3.8, 4) is 5.69 Å². The first-order valence-electron chi connectivity index (χ1n) is 4.97. The molecule has 0 radical (unpaired) electrons. The lowest BCUT2D eigenvalue weighted by Gasteiger charge is -2.04. The molecule has 0 aliphatic heterocycles. The summed E-state index contributed by atoms with van der Waals surface area (Å²) in [5.41, 5.74) is 3.86. The van der Waals surface area contributed by atoms with Crippen LogP contribution in [-0.4, -0.2) is 3.96 Å². The SMILES string of the molecule is Cc1ccc(-n2sc(Cl)c(C)c2=O)cc1C. The van der Waals surface area contributed by atoms with Crippen LogP contribution < -0.4 is 5.56 Å². The zero-order chi connectivity index (χ0) is 11.9. The predicted octanol–water partition coefficient (Wildman–Crippen LogP) is 3.48. The molecule has 2 nitrogen and oxygen atoms in total. The maximum absolute atomic E-state index is 11.9. The maximum Gasteiger partial charge on any atom is 0.269 e. The molecule has 16 heavy (non-hydrogen) atoms. The lowest BCUT2D eigenvalue weighted by Crippen LogP contribution is -2.12. The smallest absolute Gasteiger partial charge is 0.268 e. The summed E-state index contributed by atoms with van der Waals surface area (Å²) in [5, 5.41) is 0. The third-order valence-corrected chi connectivity index (χ3v) is 4.21. The molecule has 0 fully saturated rings. The Labute approximate surface area is 103 Å². The molecule has 0 unspecified atom stereocenters. The van der Waals surface area contributed by atoms with E-state index in [9.17, 15) is 4.79 Å². The monoisotopic (exact) mass is 253 g/mol. The fraction of sp³-hybridized carbons (Fsp3) is 0.250. The van der Waals surface area contributed by atoms with E-state index in [4.69, 9.17) is 11.6 Å². The van der Waals surface area contributed by atoms with Gasteiger partial charge in [-0.15, -0.1) is 0 Å². The minimum Gasteiger partial charge on any atom is -0.268 e. The van der Waals surface area contributed by atoms with E-state index >= 15 is 0 Å². The van der Waals surface area contributed by atoms with Gasteiger partial charge in [-0.25, -0.2) is 3.96 Å². The van der Waals surface area contributed by atoms with Gasteiger partial charge in [-0.1, -0.05) is 17.7 Å². The zero-order valence-electron chi connectivity index (χ0n) is 9.37. The van der Waals surface area contributed by atoms with Crippen LogP contribution in [0.5, 0.6) is 0 Å². The molecule has 0 saturated carbocycles. The molecule has 0 spiro atoms. The van der Waals surface area contributed by atoms with E-state index in [-0.39, 0.29) is 5.56 Å². The van der Waals surface area contributed by atoms with E-state index < -0.39 is 0 Å². The Balaban J connectivity index is 2.63. The minimum atomic E-state index is -0.0294. The normalized spacial score (nSPS) is 10.8. The largest absolute Gasteiger partial charge is 0.269 e. The number of aryl methyl sites for hydroxylation is 2. The van der Waals surface area contributed by atoms with Crippen molar-refractivity contribution in [1.82, 2.24) is 3.96 Å². The van der Waals surface area contributed by atoms with Gasteiger partial charge in [-0.2, -0.15) is 0 Å². The first-order chi connectivity index (χ1) is 7.50. The topological polar surface area (TPSA) is 22.0 Å². The predicted molar refractivity (Wildman–Crippen MR) is 69.1 cm³/mol. The number of aromatic nitrogens is 1. The van der Waals surface area contributed by atoms with Crippen molar-refractivity contribution in [3.05, 3.63) is 49.6 Å². The number of hydrogen-bond acceptors (Lipinski definition) is 2. The van der Waals surface area contributed by atoms with E-state index in [0.29, 0.717) is 9.90 Å². The first-order valence-corrected chi connectivity index (χ1v) is 6.12. The van der Waals surface area contributed by atoms with Gasteiger partial charge in [0.1, 0.15) is 4.34 Å². The summed E-state index contributed by atoms with van der Waals surface area (Å²) in [6.07, 6.45) is 0. The van der Waals surface area contributed by atoms with Crippen molar-refractivity contribution in [3.63, 3.8) is 0 Å². The molecule has 1 heterocycles. The fourth-order valence-corrected chi connectivity index (χ4v) is 2.56. The summed E-state index contributed by atoms with van der Waals surface area (Å²) in [7, 11) is 0. The number of halogens is 1. The molecule has 0 saturated heterocycles. The number of nitrogens with zero attached hydrogens (tertiary/aromatic N) is 1. The second kappa shape index (κ2) is 4.07. The lowest BCUT2D eigenvalue weighted by molar-refractivity contribution is 1.10. The van der Waals surface area contributed by atoms with Crippen LogP contribution in [0.15, 0.2) is 23.0 Å². The third kappa shape index (κ3) is 1.81. The molecular weight excluding hydrogens is 242 g/mol. The molecule has 0 N–H and O–H groups in total. The summed E-state index contributed by atoms with van der Waals surface area (Å²) in [6, 6.07) is 5.96. The lowest BCUT2D eigenvalue weighted by atomic mass is 10.1. The Hall–Kier alpha value is -1.06. The summed E-state index contributed by atoms with van der Waals surface area (Å²) in [6.45, 7) is 5.83. The van der Waals surface area contributed by atoms with Crippen LogP contribution in [0.2, 0.25) is 4.34 Å². The van der Waals surface area contributed by atoms with Crippen LogP contribution in [-0.2, 0) is 0 Å². The quantitative estimate of drug-likeness (QED) is 0.763. The molecule has 0 amide bonds. The molecule has 4 heteroatoms. The highest BCUT2D eigenvalue weighted by Gasteiger charge is 2.10. The van der Waals surface area contributed by atoms with E-state index in [0.717, 1.165) is 5.69 Å².